The van der Waals surface area contributed by atoms with Gasteiger partial charge in [0.1, 0.15) is 0 Å². The van der Waals surface area contributed by atoms with Crippen LogP contribution in [0.4, 0.5) is 0 Å². The van der Waals surface area contributed by atoms with Crippen molar-refractivity contribution in [3.63, 3.8) is 0 Å². The molecular formula is C36H44O. The predicted molar refractivity (Wildman–Crippen MR) is 154 cm³/mol. The first kappa shape index (κ1) is 24.9. The monoisotopic (exact) mass is 492 g/mol. The van der Waals surface area contributed by atoms with Gasteiger partial charge in [-0.05, 0) is 115 Å². The zero-order valence-electron chi connectivity index (χ0n) is 23.1. The van der Waals surface area contributed by atoms with E-state index in [1.165, 1.54) is 54.4 Å². The van der Waals surface area contributed by atoms with Gasteiger partial charge in [0.2, 0.25) is 0 Å². The molecule has 0 spiro atoms. The Labute approximate surface area is 224 Å². The minimum absolute atomic E-state index is 0.283. The van der Waals surface area contributed by atoms with E-state index in [0.717, 1.165) is 49.4 Å². The summed E-state index contributed by atoms with van der Waals surface area (Å²) in [6, 6.07) is 21.9. The molecule has 194 valence electrons. The maximum Gasteiger partial charge on any atom is 0.155 e. The number of carbonyl (C=O) groups is 1. The van der Waals surface area contributed by atoms with Crippen LogP contribution in [0.3, 0.4) is 0 Å². The van der Waals surface area contributed by atoms with Gasteiger partial charge >= 0.3 is 0 Å². The molecular weight excluding hydrogens is 448 g/mol. The fraction of sp³-hybridized carbons (Fsp3) is 0.528. The topological polar surface area (TPSA) is 17.1 Å². The van der Waals surface area contributed by atoms with Crippen LogP contribution < -0.4 is 0 Å². The largest absolute Gasteiger partial charge is 0.295 e. The number of fused-ring (bicyclic) bond motifs is 5. The lowest BCUT2D eigenvalue weighted by Gasteiger charge is -2.58. The number of hydrogen-bond donors (Lipinski definition) is 0. The van der Waals surface area contributed by atoms with Crippen LogP contribution in [0.1, 0.15) is 89.7 Å². The number of ketones is 1. The molecule has 0 unspecified atom stereocenters. The van der Waals surface area contributed by atoms with E-state index >= 15 is 0 Å². The van der Waals surface area contributed by atoms with E-state index in [0.29, 0.717) is 17.1 Å². The van der Waals surface area contributed by atoms with Gasteiger partial charge in [-0.2, -0.15) is 0 Å². The highest BCUT2D eigenvalue weighted by atomic mass is 16.1. The van der Waals surface area contributed by atoms with Gasteiger partial charge in [-0.3, -0.25) is 4.79 Å². The SMILES string of the molecule is C[C@@H](CC=C(c1ccccc1)c1ccccc1)[C@H]1CC[C@@H]2[C@H]3CCC4=CC(=O)CC[C@]4(C)[C@H]3CC[C@@]21C. The molecule has 7 atom stereocenters. The Morgan fingerprint density at radius 1 is 0.865 bits per heavy atom. The third-order valence-electron chi connectivity index (χ3n) is 11.6. The molecule has 0 saturated heterocycles. The molecule has 0 aliphatic heterocycles. The van der Waals surface area contributed by atoms with Crippen LogP contribution in [0, 0.1) is 40.4 Å². The van der Waals surface area contributed by atoms with Crippen molar-refractivity contribution < 1.29 is 4.79 Å². The molecule has 3 saturated carbocycles. The van der Waals surface area contributed by atoms with Crippen molar-refractivity contribution in [1.29, 1.82) is 0 Å². The van der Waals surface area contributed by atoms with Crippen LogP contribution in [0.5, 0.6) is 0 Å². The normalized spacial score (nSPS) is 35.5. The van der Waals surface area contributed by atoms with E-state index in [1.54, 1.807) is 0 Å². The molecule has 2 aromatic rings. The highest BCUT2D eigenvalue weighted by molar-refractivity contribution is 5.91. The quantitative estimate of drug-likeness (QED) is 0.406. The molecule has 4 aliphatic rings. The molecule has 6 rings (SSSR count). The van der Waals surface area contributed by atoms with Gasteiger partial charge in [0.25, 0.3) is 0 Å². The standard InChI is InChI=1S/C36H44O/c1-25(14-16-30(26-10-6-4-7-11-26)27-12-8-5-9-13-27)32-18-19-33-31-17-15-28-24-29(37)20-22-35(28,2)34(31)21-23-36(32,33)3/h4-13,16,24-25,31-34H,14-15,17-23H2,1-3H3/t25-,31+,32+,33+,34-,35-,36+/m0/s1. The highest BCUT2D eigenvalue weighted by Crippen LogP contribution is 2.67. The Hall–Kier alpha value is -2.41. The zero-order valence-corrected chi connectivity index (χ0v) is 23.1. The van der Waals surface area contributed by atoms with Crippen LogP contribution in [0.15, 0.2) is 78.4 Å². The fourth-order valence-electron chi connectivity index (χ4n) is 9.64. The lowest BCUT2D eigenvalue weighted by Crippen LogP contribution is -2.50. The Bertz CT molecular complexity index is 1150. The van der Waals surface area contributed by atoms with Crippen molar-refractivity contribution in [2.45, 2.75) is 78.6 Å². The molecule has 4 aliphatic carbocycles. The van der Waals surface area contributed by atoms with Gasteiger partial charge in [-0.25, -0.2) is 0 Å². The summed E-state index contributed by atoms with van der Waals surface area (Å²) in [7, 11) is 0. The summed E-state index contributed by atoms with van der Waals surface area (Å²) in [4.78, 5) is 12.2. The first-order valence-corrected chi connectivity index (χ1v) is 14.9. The summed E-state index contributed by atoms with van der Waals surface area (Å²) in [5, 5.41) is 0. The van der Waals surface area contributed by atoms with Gasteiger partial charge in [-0.1, -0.05) is 93.1 Å². The second-order valence-electron chi connectivity index (χ2n) is 13.3. The Morgan fingerprint density at radius 2 is 1.54 bits per heavy atom. The van der Waals surface area contributed by atoms with Gasteiger partial charge in [0.05, 0.1) is 0 Å². The van der Waals surface area contributed by atoms with Gasteiger partial charge in [-0.15, -0.1) is 0 Å². The first-order chi connectivity index (χ1) is 17.9. The van der Waals surface area contributed by atoms with E-state index in [1.807, 2.05) is 0 Å². The van der Waals surface area contributed by atoms with E-state index in [-0.39, 0.29) is 5.41 Å². The van der Waals surface area contributed by atoms with Crippen LogP contribution in [-0.4, -0.2) is 5.78 Å². The number of allylic oxidation sites excluding steroid dienone is 2. The van der Waals surface area contributed by atoms with Gasteiger partial charge < -0.3 is 0 Å². The first-order valence-electron chi connectivity index (χ1n) is 14.9. The van der Waals surface area contributed by atoms with E-state index < -0.39 is 0 Å². The maximum absolute atomic E-state index is 12.2. The maximum atomic E-state index is 12.2. The molecule has 1 nitrogen and oxygen atoms in total. The average molecular weight is 493 g/mol. The summed E-state index contributed by atoms with van der Waals surface area (Å²) in [5.74, 6) is 4.37. The smallest absolute Gasteiger partial charge is 0.155 e. The van der Waals surface area contributed by atoms with Gasteiger partial charge in [0, 0.05) is 6.42 Å². The van der Waals surface area contributed by atoms with Crippen molar-refractivity contribution in [2.24, 2.45) is 40.4 Å². The molecule has 0 bridgehead atoms. The van der Waals surface area contributed by atoms with Crippen LogP contribution in [0.2, 0.25) is 0 Å². The number of carbonyl (C=O) groups excluding carboxylic acids is 1. The van der Waals surface area contributed by atoms with Crippen molar-refractivity contribution in [3.8, 4) is 0 Å². The summed E-state index contributed by atoms with van der Waals surface area (Å²) in [6.45, 7) is 7.71. The summed E-state index contributed by atoms with van der Waals surface area (Å²) in [6.07, 6.45) is 15.6. The molecule has 0 amide bonds. The van der Waals surface area contributed by atoms with Crippen LogP contribution in [0.25, 0.3) is 5.57 Å². The van der Waals surface area contributed by atoms with E-state index in [2.05, 4.69) is 93.6 Å². The third-order valence-corrected chi connectivity index (χ3v) is 11.6. The minimum atomic E-state index is 0.283. The Kier molecular flexibility index (Phi) is 6.54. The van der Waals surface area contributed by atoms with Crippen LogP contribution in [-0.2, 0) is 4.79 Å². The van der Waals surface area contributed by atoms with Gasteiger partial charge in [0.15, 0.2) is 5.78 Å². The molecule has 37 heavy (non-hydrogen) atoms. The number of rotatable bonds is 5. The lowest BCUT2D eigenvalue weighted by molar-refractivity contribution is -0.117. The van der Waals surface area contributed by atoms with Crippen LogP contribution >= 0.6 is 0 Å². The number of hydrogen-bond acceptors (Lipinski definition) is 1. The summed E-state index contributed by atoms with van der Waals surface area (Å²) >= 11 is 0. The molecule has 2 aromatic carbocycles. The second-order valence-corrected chi connectivity index (χ2v) is 13.3. The second kappa shape index (κ2) is 9.72. The molecule has 0 aromatic heterocycles. The van der Waals surface area contributed by atoms with E-state index in [4.69, 9.17) is 0 Å². The van der Waals surface area contributed by atoms with Crippen molar-refractivity contribution >= 4 is 11.4 Å². The van der Waals surface area contributed by atoms with Crippen molar-refractivity contribution in [2.75, 3.05) is 0 Å². The third kappa shape index (κ3) is 4.27. The van der Waals surface area contributed by atoms with Crippen molar-refractivity contribution in [1.82, 2.24) is 0 Å². The molecule has 1 heteroatoms. The van der Waals surface area contributed by atoms with E-state index in [9.17, 15) is 4.79 Å². The molecule has 0 heterocycles. The highest BCUT2D eigenvalue weighted by Gasteiger charge is 2.59. The Balaban J connectivity index is 1.22. The average Bonchev–Trinajstić information content (AvgIpc) is 3.28. The summed E-state index contributed by atoms with van der Waals surface area (Å²) < 4.78 is 0. The molecule has 3 fully saturated rings. The Morgan fingerprint density at radius 3 is 2.22 bits per heavy atom. The molecule has 0 radical (unpaired) electrons. The zero-order chi connectivity index (χ0) is 25.6. The predicted octanol–water partition coefficient (Wildman–Crippen LogP) is 9.29. The fourth-order valence-corrected chi connectivity index (χ4v) is 9.64. The van der Waals surface area contributed by atoms with Crippen molar-refractivity contribution in [3.05, 3.63) is 89.5 Å². The lowest BCUT2D eigenvalue weighted by atomic mass is 9.46. The number of benzene rings is 2. The minimum Gasteiger partial charge on any atom is -0.295 e. The summed E-state index contributed by atoms with van der Waals surface area (Å²) in [5.41, 5.74) is 6.27. The molecule has 0 N–H and O–H groups in total.